The van der Waals surface area contributed by atoms with Crippen molar-refractivity contribution in [3.05, 3.63) is 28.7 Å². The molecule has 2 rings (SSSR count). The topological polar surface area (TPSA) is 53.9 Å². The summed E-state index contributed by atoms with van der Waals surface area (Å²) in [6, 6.07) is 8.02. The van der Waals surface area contributed by atoms with Crippen LogP contribution in [0.5, 0.6) is 0 Å². The molecule has 0 amide bonds. The Kier molecular flexibility index (Phi) is 6.89. The van der Waals surface area contributed by atoms with E-state index in [0.29, 0.717) is 18.5 Å². The fourth-order valence-corrected chi connectivity index (χ4v) is 3.03. The molecule has 1 N–H and O–H groups in total. The van der Waals surface area contributed by atoms with Gasteiger partial charge >= 0.3 is 5.97 Å². The van der Waals surface area contributed by atoms with Crippen LogP contribution in [0.15, 0.2) is 33.8 Å². The van der Waals surface area contributed by atoms with Gasteiger partial charge in [-0.1, -0.05) is 22.9 Å². The van der Waals surface area contributed by atoms with Crippen LogP contribution in [0.1, 0.15) is 39.5 Å². The van der Waals surface area contributed by atoms with Gasteiger partial charge in [0.15, 0.2) is 0 Å². The molecule has 0 radical (unpaired) electrons. The van der Waals surface area contributed by atoms with Gasteiger partial charge in [0.05, 0.1) is 12.3 Å². The average Bonchev–Trinajstić information content (AvgIpc) is 2.57. The number of nitrogens with zero attached hydrogens (tertiary/aromatic N) is 2. The predicted molar refractivity (Wildman–Crippen MR) is 96.5 cm³/mol. The molecule has 0 saturated carbocycles. The fraction of sp³-hybridized carbons (Fsp3) is 0.529. The SMILES string of the molecule is CCOC(=O)/C(=N\Nc1ccc(Br)cc1)N1CCCCC1CC. The fourth-order valence-electron chi connectivity index (χ4n) is 2.77. The third kappa shape index (κ3) is 4.96. The first-order valence-electron chi connectivity index (χ1n) is 8.18. The number of piperidine rings is 1. The Balaban J connectivity index is 2.20. The first-order chi connectivity index (χ1) is 11.2. The maximum atomic E-state index is 12.3. The molecule has 5 nitrogen and oxygen atoms in total. The van der Waals surface area contributed by atoms with Crippen molar-refractivity contribution in [2.45, 2.75) is 45.6 Å². The highest BCUT2D eigenvalue weighted by atomic mass is 79.9. The second-order valence-corrected chi connectivity index (χ2v) is 6.44. The summed E-state index contributed by atoms with van der Waals surface area (Å²) in [5.41, 5.74) is 3.81. The lowest BCUT2D eigenvalue weighted by molar-refractivity contribution is -0.136. The number of likely N-dealkylation sites (tertiary alicyclic amines) is 1. The summed E-state index contributed by atoms with van der Waals surface area (Å²) in [7, 11) is 0. The number of rotatable bonds is 4. The van der Waals surface area contributed by atoms with Gasteiger partial charge in [-0.3, -0.25) is 5.43 Å². The Morgan fingerprint density at radius 3 is 2.74 bits per heavy atom. The number of hydrogen-bond acceptors (Lipinski definition) is 4. The summed E-state index contributed by atoms with van der Waals surface area (Å²) < 4.78 is 6.20. The molecule has 1 aromatic carbocycles. The second-order valence-electron chi connectivity index (χ2n) is 5.53. The molecule has 126 valence electrons. The van der Waals surface area contributed by atoms with Crippen LogP contribution in [0.25, 0.3) is 0 Å². The molecular weight excluding hydrogens is 358 g/mol. The molecule has 1 atom stereocenters. The Bertz CT molecular complexity index is 545. The summed E-state index contributed by atoms with van der Waals surface area (Å²) in [6.07, 6.45) is 4.36. The minimum Gasteiger partial charge on any atom is -0.460 e. The zero-order valence-electron chi connectivity index (χ0n) is 13.7. The monoisotopic (exact) mass is 381 g/mol. The first-order valence-corrected chi connectivity index (χ1v) is 8.98. The smallest absolute Gasteiger partial charge is 0.376 e. The molecule has 23 heavy (non-hydrogen) atoms. The molecule has 1 aliphatic heterocycles. The van der Waals surface area contributed by atoms with Crippen LogP contribution in [0.4, 0.5) is 5.69 Å². The lowest BCUT2D eigenvalue weighted by Crippen LogP contribution is -2.47. The zero-order chi connectivity index (χ0) is 16.7. The molecule has 6 heteroatoms. The molecule has 1 unspecified atom stereocenters. The van der Waals surface area contributed by atoms with Gasteiger partial charge in [-0.15, -0.1) is 5.10 Å². The second kappa shape index (κ2) is 8.91. The lowest BCUT2D eigenvalue weighted by atomic mass is 10.00. The van der Waals surface area contributed by atoms with Gasteiger partial charge < -0.3 is 9.64 Å². The van der Waals surface area contributed by atoms with E-state index in [9.17, 15) is 4.79 Å². The van der Waals surface area contributed by atoms with E-state index in [2.05, 4.69) is 38.3 Å². The quantitative estimate of drug-likeness (QED) is 0.370. The van der Waals surface area contributed by atoms with Crippen molar-refractivity contribution in [1.82, 2.24) is 4.90 Å². The van der Waals surface area contributed by atoms with E-state index in [-0.39, 0.29) is 5.97 Å². The van der Waals surface area contributed by atoms with Crippen molar-refractivity contribution in [2.24, 2.45) is 5.10 Å². The predicted octanol–water partition coefficient (Wildman–Crippen LogP) is 4.00. The zero-order valence-corrected chi connectivity index (χ0v) is 15.3. The van der Waals surface area contributed by atoms with Gasteiger partial charge in [-0.25, -0.2) is 4.79 Å². The largest absolute Gasteiger partial charge is 0.460 e. The number of nitrogens with one attached hydrogen (secondary N) is 1. The van der Waals surface area contributed by atoms with Crippen molar-refractivity contribution in [3.63, 3.8) is 0 Å². The van der Waals surface area contributed by atoms with E-state index in [1.807, 2.05) is 31.2 Å². The van der Waals surface area contributed by atoms with Crippen molar-refractivity contribution in [2.75, 3.05) is 18.6 Å². The molecule has 1 aromatic rings. The minimum absolute atomic E-state index is 0.346. The maximum Gasteiger partial charge on any atom is 0.376 e. The van der Waals surface area contributed by atoms with Crippen LogP contribution >= 0.6 is 15.9 Å². The normalized spacial score (nSPS) is 18.7. The van der Waals surface area contributed by atoms with Crippen molar-refractivity contribution in [1.29, 1.82) is 0 Å². The number of anilines is 1. The Labute approximate surface area is 146 Å². The highest BCUT2D eigenvalue weighted by Gasteiger charge is 2.29. The summed E-state index contributed by atoms with van der Waals surface area (Å²) in [4.78, 5) is 14.4. The number of carbonyl (C=O) groups excluding carboxylic acids is 1. The number of benzene rings is 1. The van der Waals surface area contributed by atoms with Gasteiger partial charge in [0.2, 0.25) is 5.84 Å². The van der Waals surface area contributed by atoms with Crippen molar-refractivity contribution >= 4 is 33.4 Å². The van der Waals surface area contributed by atoms with E-state index in [1.165, 1.54) is 6.42 Å². The number of carbonyl (C=O) groups is 1. The highest BCUT2D eigenvalue weighted by Crippen LogP contribution is 2.21. The number of amidine groups is 1. The molecule has 1 saturated heterocycles. The Hall–Kier alpha value is -1.56. The van der Waals surface area contributed by atoms with Gasteiger partial charge in [0, 0.05) is 17.1 Å². The summed E-state index contributed by atoms with van der Waals surface area (Å²) >= 11 is 3.40. The van der Waals surface area contributed by atoms with Crippen LogP contribution in [0.3, 0.4) is 0 Å². The number of hydrogen-bond donors (Lipinski definition) is 1. The summed E-state index contributed by atoms with van der Waals surface area (Å²) in [6.45, 7) is 5.15. The first kappa shape index (κ1) is 17.8. The third-order valence-electron chi connectivity index (χ3n) is 3.96. The highest BCUT2D eigenvalue weighted by molar-refractivity contribution is 9.10. The molecule has 0 bridgehead atoms. The van der Waals surface area contributed by atoms with Gasteiger partial charge in [-0.05, 0) is 56.9 Å². The van der Waals surface area contributed by atoms with Gasteiger partial charge in [-0.2, -0.15) is 0 Å². The van der Waals surface area contributed by atoms with E-state index < -0.39 is 0 Å². The minimum atomic E-state index is -0.363. The van der Waals surface area contributed by atoms with E-state index in [4.69, 9.17) is 4.74 Å². The molecular formula is C17H24BrN3O2. The van der Waals surface area contributed by atoms with E-state index >= 15 is 0 Å². The number of esters is 1. The molecule has 0 aliphatic carbocycles. The molecule has 1 heterocycles. The van der Waals surface area contributed by atoms with Crippen molar-refractivity contribution in [3.8, 4) is 0 Å². The van der Waals surface area contributed by atoms with Gasteiger partial charge in [0.1, 0.15) is 0 Å². The lowest BCUT2D eigenvalue weighted by Gasteiger charge is -2.36. The average molecular weight is 382 g/mol. The van der Waals surface area contributed by atoms with Crippen LogP contribution in [0.2, 0.25) is 0 Å². The maximum absolute atomic E-state index is 12.3. The molecule has 1 aliphatic rings. The molecule has 0 aromatic heterocycles. The van der Waals surface area contributed by atoms with E-state index in [1.54, 1.807) is 0 Å². The van der Waals surface area contributed by atoms with Crippen LogP contribution < -0.4 is 5.43 Å². The van der Waals surface area contributed by atoms with E-state index in [0.717, 1.165) is 36.0 Å². The summed E-state index contributed by atoms with van der Waals surface area (Å²) in [5, 5.41) is 4.37. The van der Waals surface area contributed by atoms with Crippen molar-refractivity contribution < 1.29 is 9.53 Å². The van der Waals surface area contributed by atoms with Gasteiger partial charge in [0.25, 0.3) is 0 Å². The number of hydrazone groups is 1. The molecule has 0 spiro atoms. The standard InChI is InChI=1S/C17H24BrN3O2/c1-3-15-7-5-6-12-21(15)16(17(22)23-4-2)20-19-14-10-8-13(18)9-11-14/h8-11,15,19H,3-7,12H2,1-2H3/b20-16+. The Morgan fingerprint density at radius 1 is 1.35 bits per heavy atom. The molecule has 1 fully saturated rings. The number of ether oxygens (including phenoxy) is 1. The number of halogens is 1. The van der Waals surface area contributed by atoms with Crippen LogP contribution in [-0.2, 0) is 9.53 Å². The van der Waals surface area contributed by atoms with Crippen LogP contribution in [0, 0.1) is 0 Å². The Morgan fingerprint density at radius 2 is 2.09 bits per heavy atom. The van der Waals surface area contributed by atoms with Crippen LogP contribution in [-0.4, -0.2) is 35.9 Å². The third-order valence-corrected chi connectivity index (χ3v) is 4.49. The summed E-state index contributed by atoms with van der Waals surface area (Å²) in [5.74, 6) is 0.0128.